The van der Waals surface area contributed by atoms with E-state index in [0.29, 0.717) is 0 Å². The van der Waals surface area contributed by atoms with Crippen molar-refractivity contribution in [1.82, 2.24) is 0 Å². The van der Waals surface area contributed by atoms with Crippen molar-refractivity contribution in [3.63, 3.8) is 0 Å². The molecule has 0 unspecified atom stereocenters. The predicted molar refractivity (Wildman–Crippen MR) is 220 cm³/mol. The molecule has 2 nitrogen and oxygen atoms in total. The Morgan fingerprint density at radius 3 is 1.21 bits per heavy atom. The Morgan fingerprint density at radius 1 is 0.288 bits per heavy atom. The molecule has 10 aromatic rings. The molecular formula is C50H33NO. The van der Waals surface area contributed by atoms with Gasteiger partial charge >= 0.3 is 0 Å². The largest absolute Gasteiger partial charge is 0.455 e. The van der Waals surface area contributed by atoms with Gasteiger partial charge in [-0.2, -0.15) is 0 Å². The van der Waals surface area contributed by atoms with Gasteiger partial charge in [0, 0.05) is 33.4 Å². The maximum Gasteiger partial charge on any atom is 0.143 e. The van der Waals surface area contributed by atoms with E-state index < -0.39 is 0 Å². The van der Waals surface area contributed by atoms with Crippen LogP contribution in [0, 0.1) is 0 Å². The monoisotopic (exact) mass is 663 g/mol. The fourth-order valence-electron chi connectivity index (χ4n) is 7.75. The lowest BCUT2D eigenvalue weighted by Gasteiger charge is -2.26. The minimum Gasteiger partial charge on any atom is -0.455 e. The molecule has 2 heteroatoms. The second-order valence-corrected chi connectivity index (χ2v) is 13.3. The zero-order chi connectivity index (χ0) is 34.4. The van der Waals surface area contributed by atoms with Gasteiger partial charge in [0.25, 0.3) is 0 Å². The molecule has 0 radical (unpaired) electrons. The highest BCUT2D eigenvalue weighted by atomic mass is 16.3. The van der Waals surface area contributed by atoms with E-state index in [-0.39, 0.29) is 0 Å². The van der Waals surface area contributed by atoms with Gasteiger partial charge < -0.3 is 9.32 Å². The molecule has 0 atom stereocenters. The van der Waals surface area contributed by atoms with Gasteiger partial charge in [0.2, 0.25) is 0 Å². The van der Waals surface area contributed by atoms with Crippen LogP contribution in [0.4, 0.5) is 17.1 Å². The topological polar surface area (TPSA) is 16.4 Å². The Morgan fingerprint density at radius 2 is 0.673 bits per heavy atom. The van der Waals surface area contributed by atoms with Crippen LogP contribution >= 0.6 is 0 Å². The number of nitrogens with zero attached hydrogens (tertiary/aromatic N) is 1. The fraction of sp³-hybridized carbons (Fsp3) is 0. The van der Waals surface area contributed by atoms with E-state index >= 15 is 0 Å². The lowest BCUT2D eigenvalue weighted by Crippen LogP contribution is -2.09. The molecule has 9 aromatic carbocycles. The van der Waals surface area contributed by atoms with Gasteiger partial charge in [0.05, 0.1) is 0 Å². The molecule has 10 rings (SSSR count). The predicted octanol–water partition coefficient (Wildman–Crippen LogP) is 14.4. The molecule has 0 fully saturated rings. The number of fused-ring (bicyclic) bond motifs is 5. The van der Waals surface area contributed by atoms with E-state index in [9.17, 15) is 0 Å². The van der Waals surface area contributed by atoms with Gasteiger partial charge in [-0.25, -0.2) is 0 Å². The Hall–Kier alpha value is -6.90. The summed E-state index contributed by atoms with van der Waals surface area (Å²) >= 11 is 0. The Balaban J connectivity index is 1.06. The van der Waals surface area contributed by atoms with Crippen LogP contribution in [0.5, 0.6) is 0 Å². The Bertz CT molecular complexity index is 2750. The standard InChI is InChI=1S/C50H33NO/c1-3-14-42-34(10-1)12-7-17-44(42)36-22-28-39(29-23-36)51(40-30-24-37(25-31-40)45-18-8-13-35-11-2-4-15-43(35)45)41-32-26-38(27-33-41)46-19-9-20-48-47-16-5-6-21-49(47)52-50(46)48/h1-33H. The maximum absolute atomic E-state index is 6.39. The minimum absolute atomic E-state index is 0.909. The van der Waals surface area contributed by atoms with Gasteiger partial charge in [-0.05, 0) is 91.8 Å². The summed E-state index contributed by atoms with van der Waals surface area (Å²) in [7, 11) is 0. The third-order valence-corrected chi connectivity index (χ3v) is 10.3. The van der Waals surface area contributed by atoms with E-state index in [0.717, 1.165) is 50.1 Å². The molecular weight excluding hydrogens is 631 g/mol. The molecule has 1 heterocycles. The first-order chi connectivity index (χ1) is 25.8. The van der Waals surface area contributed by atoms with Gasteiger partial charge in [0.15, 0.2) is 0 Å². The summed E-state index contributed by atoms with van der Waals surface area (Å²) in [5.41, 5.74) is 12.2. The molecule has 1 aromatic heterocycles. The number of rotatable bonds is 6. The molecule has 0 aliphatic carbocycles. The molecule has 52 heavy (non-hydrogen) atoms. The Kier molecular flexibility index (Phi) is 7.18. The third kappa shape index (κ3) is 5.12. The first-order valence-corrected chi connectivity index (χ1v) is 17.8. The lowest BCUT2D eigenvalue weighted by atomic mass is 9.97. The highest BCUT2D eigenvalue weighted by molar-refractivity contribution is 6.09. The van der Waals surface area contributed by atoms with Crippen LogP contribution in [0.1, 0.15) is 0 Å². The van der Waals surface area contributed by atoms with Crippen LogP contribution in [0.2, 0.25) is 0 Å². The average Bonchev–Trinajstić information content (AvgIpc) is 3.61. The summed E-state index contributed by atoms with van der Waals surface area (Å²) in [6.45, 7) is 0. The zero-order valence-corrected chi connectivity index (χ0v) is 28.4. The molecule has 0 spiro atoms. The molecule has 0 amide bonds. The van der Waals surface area contributed by atoms with Crippen LogP contribution in [0.25, 0.3) is 76.9 Å². The number of benzene rings is 9. The highest BCUT2D eigenvalue weighted by Crippen LogP contribution is 2.41. The van der Waals surface area contributed by atoms with Crippen molar-refractivity contribution < 1.29 is 4.42 Å². The number of anilines is 3. The van der Waals surface area contributed by atoms with E-state index in [1.54, 1.807) is 0 Å². The molecule has 0 saturated carbocycles. The zero-order valence-electron chi connectivity index (χ0n) is 28.4. The number of para-hydroxylation sites is 2. The lowest BCUT2D eigenvalue weighted by molar-refractivity contribution is 0.670. The summed E-state index contributed by atoms with van der Waals surface area (Å²) < 4.78 is 6.39. The second kappa shape index (κ2) is 12.5. The van der Waals surface area contributed by atoms with Crippen molar-refractivity contribution in [1.29, 1.82) is 0 Å². The van der Waals surface area contributed by atoms with Crippen molar-refractivity contribution in [2.45, 2.75) is 0 Å². The summed E-state index contributed by atoms with van der Waals surface area (Å²) in [4.78, 5) is 2.34. The molecule has 0 aliphatic heterocycles. The summed E-state index contributed by atoms with van der Waals surface area (Å²) in [5, 5.41) is 7.28. The van der Waals surface area contributed by atoms with Crippen molar-refractivity contribution in [3.05, 3.63) is 200 Å². The maximum atomic E-state index is 6.39. The fourth-order valence-corrected chi connectivity index (χ4v) is 7.75. The summed E-state index contributed by atoms with van der Waals surface area (Å²) in [6.07, 6.45) is 0. The third-order valence-electron chi connectivity index (χ3n) is 10.3. The van der Waals surface area contributed by atoms with E-state index in [2.05, 4.69) is 193 Å². The van der Waals surface area contributed by atoms with Crippen LogP contribution in [-0.4, -0.2) is 0 Å². The van der Waals surface area contributed by atoms with Crippen molar-refractivity contribution in [2.75, 3.05) is 4.90 Å². The smallest absolute Gasteiger partial charge is 0.143 e. The quantitative estimate of drug-likeness (QED) is 0.176. The first kappa shape index (κ1) is 30.0. The van der Waals surface area contributed by atoms with Crippen LogP contribution in [0.15, 0.2) is 205 Å². The SMILES string of the molecule is c1ccc2c(-c3ccc(N(c4ccc(-c5cccc6ccccc56)cc4)c4ccc(-c5cccc6c5oc5ccccc56)cc4)cc3)cccc2c1. The summed E-state index contributed by atoms with van der Waals surface area (Å²) in [5.74, 6) is 0. The van der Waals surface area contributed by atoms with Crippen LogP contribution in [-0.2, 0) is 0 Å². The normalized spacial score (nSPS) is 11.5. The molecule has 0 aliphatic rings. The van der Waals surface area contributed by atoms with Gasteiger partial charge in [0.1, 0.15) is 11.2 Å². The molecule has 0 saturated heterocycles. The first-order valence-electron chi connectivity index (χ1n) is 17.8. The molecule has 0 bridgehead atoms. The summed E-state index contributed by atoms with van der Waals surface area (Å²) in [6, 6.07) is 71.7. The second-order valence-electron chi connectivity index (χ2n) is 13.3. The van der Waals surface area contributed by atoms with Crippen molar-refractivity contribution in [3.8, 4) is 33.4 Å². The van der Waals surface area contributed by atoms with Crippen LogP contribution in [0.3, 0.4) is 0 Å². The molecule has 0 N–H and O–H groups in total. The number of furan rings is 1. The number of hydrogen-bond acceptors (Lipinski definition) is 2. The Labute approximate surface area is 302 Å². The molecule has 244 valence electrons. The van der Waals surface area contributed by atoms with Crippen molar-refractivity contribution >= 4 is 60.5 Å². The van der Waals surface area contributed by atoms with Gasteiger partial charge in [-0.1, -0.05) is 158 Å². The highest BCUT2D eigenvalue weighted by Gasteiger charge is 2.16. The number of hydrogen-bond donors (Lipinski definition) is 0. The van der Waals surface area contributed by atoms with Gasteiger partial charge in [-0.15, -0.1) is 0 Å². The van der Waals surface area contributed by atoms with E-state index in [4.69, 9.17) is 4.42 Å². The van der Waals surface area contributed by atoms with E-state index in [1.165, 1.54) is 43.8 Å². The minimum atomic E-state index is 0.909. The average molecular weight is 664 g/mol. The van der Waals surface area contributed by atoms with Crippen molar-refractivity contribution in [2.24, 2.45) is 0 Å². The van der Waals surface area contributed by atoms with E-state index in [1.807, 2.05) is 12.1 Å². The van der Waals surface area contributed by atoms with Crippen LogP contribution < -0.4 is 4.90 Å². The van der Waals surface area contributed by atoms with Gasteiger partial charge in [-0.3, -0.25) is 0 Å².